The van der Waals surface area contributed by atoms with Gasteiger partial charge >= 0.3 is 0 Å². The average Bonchev–Trinajstić information content (AvgIpc) is 2.32. The van der Waals surface area contributed by atoms with E-state index in [1.807, 2.05) is 6.92 Å². The van der Waals surface area contributed by atoms with Crippen molar-refractivity contribution < 1.29 is 14.0 Å². The first-order valence-corrected chi connectivity index (χ1v) is 5.24. The highest BCUT2D eigenvalue weighted by atomic mass is 19.1. The van der Waals surface area contributed by atoms with Crippen LogP contribution in [0.2, 0.25) is 0 Å². The highest BCUT2D eigenvalue weighted by molar-refractivity contribution is 5.80. The number of oxime groups is 1. The zero-order valence-corrected chi connectivity index (χ0v) is 9.45. The summed E-state index contributed by atoms with van der Waals surface area (Å²) in [5.74, 6) is -1.02. The van der Waals surface area contributed by atoms with Gasteiger partial charge in [-0.1, -0.05) is 12.1 Å². The molecule has 6 heteroatoms. The number of nitrogens with zero attached hydrogens (tertiary/aromatic N) is 1. The van der Waals surface area contributed by atoms with Crippen molar-refractivity contribution in [3.8, 4) is 0 Å². The fourth-order valence-corrected chi connectivity index (χ4v) is 1.42. The van der Waals surface area contributed by atoms with Crippen molar-refractivity contribution >= 4 is 11.5 Å². The Morgan fingerprint density at radius 2 is 2.24 bits per heavy atom. The molecular formula is C11H15F2N3O. The maximum atomic E-state index is 13.3. The highest BCUT2D eigenvalue weighted by Gasteiger charge is 2.12. The molecule has 4 nitrogen and oxygen atoms in total. The van der Waals surface area contributed by atoms with E-state index in [9.17, 15) is 8.78 Å². The van der Waals surface area contributed by atoms with E-state index in [0.717, 1.165) is 18.2 Å². The first-order valence-electron chi connectivity index (χ1n) is 5.24. The second-order valence-electron chi connectivity index (χ2n) is 3.67. The number of hydrogen-bond donors (Lipinski definition) is 3. The van der Waals surface area contributed by atoms with E-state index in [2.05, 4.69) is 10.5 Å². The normalized spacial score (nSPS) is 13.5. The van der Waals surface area contributed by atoms with Gasteiger partial charge in [0.25, 0.3) is 0 Å². The number of rotatable bonds is 5. The van der Waals surface area contributed by atoms with Crippen molar-refractivity contribution in [1.82, 2.24) is 0 Å². The Bertz CT molecular complexity index is 410. The van der Waals surface area contributed by atoms with Crippen molar-refractivity contribution in [2.24, 2.45) is 10.9 Å². The summed E-state index contributed by atoms with van der Waals surface area (Å²) in [7, 11) is 0. The molecule has 1 aromatic rings. The predicted molar refractivity (Wildman–Crippen MR) is 62.1 cm³/mol. The molecule has 1 atom stereocenters. The Morgan fingerprint density at radius 3 is 2.82 bits per heavy atom. The summed E-state index contributed by atoms with van der Waals surface area (Å²) < 4.78 is 26.3. The second-order valence-corrected chi connectivity index (χ2v) is 3.67. The Morgan fingerprint density at radius 1 is 1.53 bits per heavy atom. The Balaban J connectivity index is 2.76. The van der Waals surface area contributed by atoms with Crippen LogP contribution in [-0.2, 0) is 0 Å². The molecule has 0 heterocycles. The van der Waals surface area contributed by atoms with E-state index in [4.69, 9.17) is 10.9 Å². The summed E-state index contributed by atoms with van der Waals surface area (Å²) in [5.41, 5.74) is 5.44. The van der Waals surface area contributed by atoms with Gasteiger partial charge in [-0.15, -0.1) is 0 Å². The SMILES string of the molecule is CCC(CC(N)=NO)Nc1cc(F)ccc1F. The molecule has 1 unspecified atom stereocenters. The van der Waals surface area contributed by atoms with E-state index in [1.165, 1.54) is 0 Å². The van der Waals surface area contributed by atoms with Crippen LogP contribution < -0.4 is 11.1 Å². The van der Waals surface area contributed by atoms with Crippen LogP contribution in [0.1, 0.15) is 19.8 Å². The molecule has 1 rings (SSSR count). The number of halogens is 2. The molecule has 0 aliphatic rings. The first kappa shape index (κ1) is 13.2. The molecule has 1 aromatic carbocycles. The Kier molecular flexibility index (Phi) is 4.68. The number of nitrogens with two attached hydrogens (primary N) is 1. The third-order valence-electron chi connectivity index (χ3n) is 2.36. The molecule has 0 aliphatic carbocycles. The minimum absolute atomic E-state index is 0.0427. The van der Waals surface area contributed by atoms with Crippen molar-refractivity contribution in [2.45, 2.75) is 25.8 Å². The lowest BCUT2D eigenvalue weighted by molar-refractivity contribution is 0.316. The number of anilines is 1. The number of hydrogen-bond acceptors (Lipinski definition) is 3. The molecular weight excluding hydrogens is 228 g/mol. The number of nitrogens with one attached hydrogen (secondary N) is 1. The molecule has 0 amide bonds. The van der Waals surface area contributed by atoms with Gasteiger partial charge in [0.1, 0.15) is 17.5 Å². The summed E-state index contributed by atoms with van der Waals surface area (Å²) >= 11 is 0. The van der Waals surface area contributed by atoms with Crippen LogP contribution in [-0.4, -0.2) is 17.1 Å². The topological polar surface area (TPSA) is 70.6 Å². The van der Waals surface area contributed by atoms with Crippen LogP contribution in [0.3, 0.4) is 0 Å². The van der Waals surface area contributed by atoms with Gasteiger partial charge in [-0.05, 0) is 24.6 Å². The lowest BCUT2D eigenvalue weighted by Gasteiger charge is -2.17. The maximum Gasteiger partial charge on any atom is 0.146 e. The molecule has 17 heavy (non-hydrogen) atoms. The van der Waals surface area contributed by atoms with Crippen LogP contribution in [0.4, 0.5) is 14.5 Å². The zero-order valence-electron chi connectivity index (χ0n) is 9.45. The minimum atomic E-state index is -0.538. The van der Waals surface area contributed by atoms with Crippen LogP contribution >= 0.6 is 0 Å². The van der Waals surface area contributed by atoms with E-state index in [-0.39, 0.29) is 24.0 Å². The molecule has 0 bridgehead atoms. The van der Waals surface area contributed by atoms with Gasteiger partial charge in [-0.3, -0.25) is 0 Å². The lowest BCUT2D eigenvalue weighted by atomic mass is 10.1. The molecule has 0 spiro atoms. The zero-order chi connectivity index (χ0) is 12.8. The average molecular weight is 243 g/mol. The highest BCUT2D eigenvalue weighted by Crippen LogP contribution is 2.18. The smallest absolute Gasteiger partial charge is 0.146 e. The standard InChI is InChI=1S/C11H15F2N3O/c1-2-8(6-11(14)16-17)15-10-5-7(12)3-4-9(10)13/h3-5,8,15,17H,2,6H2,1H3,(H2,14,16). The predicted octanol–water partition coefficient (Wildman–Crippen LogP) is 2.29. The maximum absolute atomic E-state index is 13.3. The third-order valence-corrected chi connectivity index (χ3v) is 2.36. The summed E-state index contributed by atoms with van der Waals surface area (Å²) in [4.78, 5) is 0. The van der Waals surface area contributed by atoms with Crippen LogP contribution in [0, 0.1) is 11.6 Å². The summed E-state index contributed by atoms with van der Waals surface area (Å²) in [6.45, 7) is 1.86. The second kappa shape index (κ2) is 6.03. The van der Waals surface area contributed by atoms with E-state index in [1.54, 1.807) is 0 Å². The number of benzene rings is 1. The van der Waals surface area contributed by atoms with E-state index < -0.39 is 11.6 Å². The van der Waals surface area contributed by atoms with Crippen molar-refractivity contribution in [2.75, 3.05) is 5.32 Å². The monoisotopic (exact) mass is 243 g/mol. The van der Waals surface area contributed by atoms with Crippen LogP contribution in [0.5, 0.6) is 0 Å². The van der Waals surface area contributed by atoms with Gasteiger partial charge in [0, 0.05) is 12.5 Å². The van der Waals surface area contributed by atoms with Gasteiger partial charge < -0.3 is 16.3 Å². The Labute approximate surface area is 98.1 Å². The van der Waals surface area contributed by atoms with Gasteiger partial charge in [0.15, 0.2) is 0 Å². The van der Waals surface area contributed by atoms with Crippen molar-refractivity contribution in [3.05, 3.63) is 29.8 Å². The molecule has 0 aromatic heterocycles. The first-order chi connectivity index (χ1) is 8.06. The van der Waals surface area contributed by atoms with Gasteiger partial charge in [-0.25, -0.2) is 8.78 Å². The summed E-state index contributed by atoms with van der Waals surface area (Å²) in [6.07, 6.45) is 0.884. The molecule has 0 fully saturated rings. The molecule has 0 saturated heterocycles. The fourth-order valence-electron chi connectivity index (χ4n) is 1.42. The third kappa shape index (κ3) is 3.90. The lowest BCUT2D eigenvalue weighted by Crippen LogP contribution is -2.26. The summed E-state index contributed by atoms with van der Waals surface area (Å²) in [5, 5.41) is 14.1. The van der Waals surface area contributed by atoms with Gasteiger partial charge in [-0.2, -0.15) is 0 Å². The number of amidine groups is 1. The molecule has 94 valence electrons. The fraction of sp³-hybridized carbons (Fsp3) is 0.364. The van der Waals surface area contributed by atoms with Gasteiger partial charge in [0.05, 0.1) is 5.69 Å². The molecule has 0 radical (unpaired) electrons. The van der Waals surface area contributed by atoms with E-state index >= 15 is 0 Å². The molecule has 4 N–H and O–H groups in total. The van der Waals surface area contributed by atoms with Crippen molar-refractivity contribution in [3.63, 3.8) is 0 Å². The largest absolute Gasteiger partial charge is 0.409 e. The summed E-state index contributed by atoms with van der Waals surface area (Å²) in [6, 6.07) is 2.95. The van der Waals surface area contributed by atoms with Crippen molar-refractivity contribution in [1.29, 1.82) is 0 Å². The minimum Gasteiger partial charge on any atom is -0.409 e. The molecule has 0 saturated carbocycles. The van der Waals surface area contributed by atoms with E-state index in [0.29, 0.717) is 6.42 Å². The Hall–Kier alpha value is -1.85. The van der Waals surface area contributed by atoms with Gasteiger partial charge in [0.2, 0.25) is 0 Å². The van der Waals surface area contributed by atoms with Crippen LogP contribution in [0.15, 0.2) is 23.4 Å². The quantitative estimate of drug-likeness (QED) is 0.321. The van der Waals surface area contributed by atoms with Crippen LogP contribution in [0.25, 0.3) is 0 Å². The molecule has 0 aliphatic heterocycles.